The van der Waals surface area contributed by atoms with Crippen molar-refractivity contribution in [3.63, 3.8) is 0 Å². The number of hydrogen-bond acceptors (Lipinski definition) is 2. The molecule has 2 N–H and O–H groups in total. The molecular formula is C12H16ClNO. The molecule has 0 unspecified atom stereocenters. The van der Waals surface area contributed by atoms with Gasteiger partial charge in [0.05, 0.1) is 6.10 Å². The van der Waals surface area contributed by atoms with E-state index in [4.69, 9.17) is 11.6 Å². The van der Waals surface area contributed by atoms with Gasteiger partial charge in [0.25, 0.3) is 0 Å². The summed E-state index contributed by atoms with van der Waals surface area (Å²) in [4.78, 5) is 0. The topological polar surface area (TPSA) is 32.3 Å². The molecule has 1 aromatic carbocycles. The second-order valence-electron chi connectivity index (χ2n) is 4.84. The second kappa shape index (κ2) is 3.78. The molecule has 1 aliphatic heterocycles. The Morgan fingerprint density at radius 1 is 1.53 bits per heavy atom. The third kappa shape index (κ3) is 2.33. The monoisotopic (exact) mass is 225 g/mol. The minimum atomic E-state index is -0.461. The van der Waals surface area contributed by atoms with E-state index in [1.807, 2.05) is 24.3 Å². The molecule has 0 aromatic heterocycles. The van der Waals surface area contributed by atoms with Gasteiger partial charge in [-0.05, 0) is 38.0 Å². The van der Waals surface area contributed by atoms with Gasteiger partial charge in [-0.25, -0.2) is 0 Å². The molecule has 2 rings (SSSR count). The third-order valence-corrected chi connectivity index (χ3v) is 3.11. The number of aliphatic hydroxyl groups excluding tert-OH is 1. The van der Waals surface area contributed by atoms with Crippen LogP contribution in [0.2, 0.25) is 5.02 Å². The molecule has 82 valence electrons. The van der Waals surface area contributed by atoms with Gasteiger partial charge in [0.15, 0.2) is 0 Å². The Morgan fingerprint density at radius 3 is 2.73 bits per heavy atom. The highest BCUT2D eigenvalue weighted by atomic mass is 35.5. The fourth-order valence-corrected chi connectivity index (χ4v) is 2.34. The SMILES string of the molecule is CC1(C)C[C@@H]([C@H](O)c2cccc(Cl)c2)N1. The number of rotatable bonds is 2. The van der Waals surface area contributed by atoms with E-state index < -0.39 is 6.10 Å². The molecule has 0 saturated carbocycles. The maximum absolute atomic E-state index is 10.1. The van der Waals surface area contributed by atoms with Crippen LogP contribution in [0, 0.1) is 0 Å². The first-order chi connectivity index (χ1) is 6.98. The van der Waals surface area contributed by atoms with Crippen LogP contribution in [0.25, 0.3) is 0 Å². The van der Waals surface area contributed by atoms with Gasteiger partial charge in [-0.2, -0.15) is 0 Å². The van der Waals surface area contributed by atoms with Gasteiger partial charge in [-0.15, -0.1) is 0 Å². The smallest absolute Gasteiger partial charge is 0.0944 e. The predicted octanol–water partition coefficient (Wildman–Crippen LogP) is 2.51. The highest BCUT2D eigenvalue weighted by Crippen LogP contribution is 2.32. The van der Waals surface area contributed by atoms with Crippen molar-refractivity contribution in [3.05, 3.63) is 34.9 Å². The summed E-state index contributed by atoms with van der Waals surface area (Å²) in [5, 5.41) is 14.1. The van der Waals surface area contributed by atoms with Gasteiger partial charge < -0.3 is 10.4 Å². The summed E-state index contributed by atoms with van der Waals surface area (Å²) in [6.07, 6.45) is 0.525. The largest absolute Gasteiger partial charge is 0.387 e. The summed E-state index contributed by atoms with van der Waals surface area (Å²) in [5.41, 5.74) is 1.04. The van der Waals surface area contributed by atoms with Crippen LogP contribution >= 0.6 is 11.6 Å². The van der Waals surface area contributed by atoms with Gasteiger partial charge in [0.1, 0.15) is 0 Å². The summed E-state index contributed by atoms with van der Waals surface area (Å²) in [5.74, 6) is 0. The normalized spacial score (nSPS) is 25.7. The Labute approximate surface area is 95.3 Å². The fourth-order valence-electron chi connectivity index (χ4n) is 2.14. The molecule has 15 heavy (non-hydrogen) atoms. The third-order valence-electron chi connectivity index (χ3n) is 2.88. The van der Waals surface area contributed by atoms with Crippen molar-refractivity contribution in [2.45, 2.75) is 38.0 Å². The molecule has 1 heterocycles. The second-order valence-corrected chi connectivity index (χ2v) is 5.28. The lowest BCUT2D eigenvalue weighted by Gasteiger charge is -2.46. The van der Waals surface area contributed by atoms with Crippen molar-refractivity contribution in [1.82, 2.24) is 5.32 Å². The van der Waals surface area contributed by atoms with Crippen molar-refractivity contribution in [2.24, 2.45) is 0 Å². The van der Waals surface area contributed by atoms with Gasteiger partial charge in [-0.3, -0.25) is 0 Å². The molecule has 0 aliphatic carbocycles. The van der Waals surface area contributed by atoms with Crippen molar-refractivity contribution in [3.8, 4) is 0 Å². The van der Waals surface area contributed by atoms with Crippen molar-refractivity contribution in [2.75, 3.05) is 0 Å². The van der Waals surface area contributed by atoms with Crippen LogP contribution in [-0.4, -0.2) is 16.7 Å². The van der Waals surface area contributed by atoms with E-state index in [9.17, 15) is 5.11 Å². The molecule has 0 radical (unpaired) electrons. The fraction of sp³-hybridized carbons (Fsp3) is 0.500. The predicted molar refractivity (Wildman–Crippen MR) is 62.0 cm³/mol. The Kier molecular flexibility index (Phi) is 2.75. The van der Waals surface area contributed by atoms with E-state index in [2.05, 4.69) is 19.2 Å². The van der Waals surface area contributed by atoms with Crippen LogP contribution in [0.3, 0.4) is 0 Å². The molecule has 0 bridgehead atoms. The number of nitrogens with one attached hydrogen (secondary N) is 1. The molecule has 2 nitrogen and oxygen atoms in total. The Morgan fingerprint density at radius 2 is 2.20 bits per heavy atom. The van der Waals surface area contributed by atoms with Gasteiger partial charge >= 0.3 is 0 Å². The first kappa shape index (κ1) is 10.9. The van der Waals surface area contributed by atoms with Crippen molar-refractivity contribution >= 4 is 11.6 Å². The summed E-state index contributed by atoms with van der Waals surface area (Å²) < 4.78 is 0. The summed E-state index contributed by atoms with van der Waals surface area (Å²) in [7, 11) is 0. The highest BCUT2D eigenvalue weighted by molar-refractivity contribution is 6.30. The lowest BCUT2D eigenvalue weighted by molar-refractivity contribution is 0.0390. The molecule has 0 amide bonds. The van der Waals surface area contributed by atoms with Crippen molar-refractivity contribution < 1.29 is 5.11 Å². The maximum Gasteiger partial charge on any atom is 0.0944 e. The summed E-state index contributed by atoms with van der Waals surface area (Å²) in [6, 6.07) is 7.56. The van der Waals surface area contributed by atoms with Crippen LogP contribution in [-0.2, 0) is 0 Å². The van der Waals surface area contributed by atoms with E-state index >= 15 is 0 Å². The van der Waals surface area contributed by atoms with Crippen LogP contribution in [0.1, 0.15) is 31.9 Å². The van der Waals surface area contributed by atoms with Crippen LogP contribution in [0.4, 0.5) is 0 Å². The Hall–Kier alpha value is -0.570. The minimum absolute atomic E-state index is 0.151. The van der Waals surface area contributed by atoms with E-state index in [0.29, 0.717) is 5.02 Å². The summed E-state index contributed by atoms with van der Waals surface area (Å²) in [6.45, 7) is 4.27. The standard InChI is InChI=1S/C12H16ClNO/c1-12(2)7-10(14-12)11(15)8-4-3-5-9(13)6-8/h3-6,10-11,14-15H,7H2,1-2H3/t10-,11+/m0/s1. The zero-order valence-electron chi connectivity index (χ0n) is 9.00. The molecule has 1 aliphatic rings. The van der Waals surface area contributed by atoms with Crippen LogP contribution < -0.4 is 5.32 Å². The number of aliphatic hydroxyl groups is 1. The molecule has 1 aromatic rings. The average molecular weight is 226 g/mol. The highest BCUT2D eigenvalue weighted by Gasteiger charge is 2.39. The Bertz CT molecular complexity index is 356. The van der Waals surface area contributed by atoms with Gasteiger partial charge in [0, 0.05) is 16.6 Å². The number of hydrogen-bond donors (Lipinski definition) is 2. The first-order valence-electron chi connectivity index (χ1n) is 5.19. The van der Waals surface area contributed by atoms with E-state index in [0.717, 1.165) is 12.0 Å². The van der Waals surface area contributed by atoms with E-state index in [-0.39, 0.29) is 11.6 Å². The average Bonchev–Trinajstić information content (AvgIpc) is 2.13. The first-order valence-corrected chi connectivity index (χ1v) is 5.57. The molecule has 2 atom stereocenters. The van der Waals surface area contributed by atoms with E-state index in [1.165, 1.54) is 0 Å². The van der Waals surface area contributed by atoms with Crippen molar-refractivity contribution in [1.29, 1.82) is 0 Å². The van der Waals surface area contributed by atoms with Gasteiger partial charge in [-0.1, -0.05) is 23.7 Å². The Balaban J connectivity index is 2.06. The molecule has 1 saturated heterocycles. The van der Waals surface area contributed by atoms with Gasteiger partial charge in [0.2, 0.25) is 0 Å². The molecule has 0 spiro atoms. The van der Waals surface area contributed by atoms with Crippen LogP contribution in [0.5, 0.6) is 0 Å². The maximum atomic E-state index is 10.1. The molecule has 3 heteroatoms. The van der Waals surface area contributed by atoms with E-state index in [1.54, 1.807) is 0 Å². The summed E-state index contributed by atoms with van der Waals surface area (Å²) >= 11 is 5.88. The zero-order valence-corrected chi connectivity index (χ0v) is 9.75. The molecular weight excluding hydrogens is 210 g/mol. The lowest BCUT2D eigenvalue weighted by Crippen LogP contribution is -2.61. The number of benzene rings is 1. The quantitative estimate of drug-likeness (QED) is 0.811. The van der Waals surface area contributed by atoms with Crippen LogP contribution in [0.15, 0.2) is 24.3 Å². The lowest BCUT2D eigenvalue weighted by atomic mass is 9.81. The number of halogens is 1. The molecule has 1 fully saturated rings. The minimum Gasteiger partial charge on any atom is -0.387 e. The zero-order chi connectivity index (χ0) is 11.1.